The van der Waals surface area contributed by atoms with Crippen molar-refractivity contribution in [3.63, 3.8) is 0 Å². The smallest absolute Gasteiger partial charge is 0.326 e. The van der Waals surface area contributed by atoms with Gasteiger partial charge in [-0.15, -0.1) is 0 Å². The number of rotatable bonds is 51. The number of urea groups is 2. The van der Waals surface area contributed by atoms with E-state index in [9.17, 15) is 38.7 Å². The van der Waals surface area contributed by atoms with Gasteiger partial charge in [-0.2, -0.15) is 0 Å². The van der Waals surface area contributed by atoms with Crippen LogP contribution in [-0.4, -0.2) is 228 Å². The van der Waals surface area contributed by atoms with Gasteiger partial charge >= 0.3 is 30.0 Å². The summed E-state index contributed by atoms with van der Waals surface area (Å²) in [6, 6.07) is -4.33. The van der Waals surface area contributed by atoms with Crippen molar-refractivity contribution in [1.29, 1.82) is 0 Å². The molecule has 0 aromatic carbocycles. The van der Waals surface area contributed by atoms with Crippen molar-refractivity contribution in [3.8, 4) is 0 Å². The number of unbranched alkanes of at least 4 members (excludes halogenated alkanes) is 4. The van der Waals surface area contributed by atoms with Gasteiger partial charge in [-0.05, 0) is 25.7 Å². The summed E-state index contributed by atoms with van der Waals surface area (Å²) in [4.78, 5) is 80.8. The number of carbonyl (C=O) groups is 7. The normalized spacial score (nSPS) is 11.9. The highest BCUT2D eigenvalue weighted by Crippen LogP contribution is 2.06. The maximum Gasteiger partial charge on any atom is 0.326 e. The second-order valence-corrected chi connectivity index (χ2v) is 14.7. The minimum Gasteiger partial charge on any atom is -0.481 e. The van der Waals surface area contributed by atoms with E-state index in [0.717, 1.165) is 19.3 Å². The van der Waals surface area contributed by atoms with Crippen LogP contribution in [0.2, 0.25) is 0 Å². The number of hydrogen-bond acceptors (Lipinski definition) is 17. The molecule has 69 heavy (non-hydrogen) atoms. The van der Waals surface area contributed by atoms with Crippen LogP contribution >= 0.6 is 0 Å². The van der Waals surface area contributed by atoms with Crippen molar-refractivity contribution in [2.24, 2.45) is 0 Å². The van der Waals surface area contributed by atoms with Gasteiger partial charge in [0.25, 0.3) is 0 Å². The molecule has 2 unspecified atom stereocenters. The maximum atomic E-state index is 12.2. The molecule has 0 aliphatic heterocycles. The standard InChI is InChI=1S/C43H80N6O20/c1-44-42(58)47-14-16-61-18-20-63-22-24-65-26-28-67-30-32-69-34-33-68-31-29-66-27-25-64-23-21-62-19-17-60-15-13-46-37(50)7-5-3-2-4-6-12-45-38(51)10-8-35(40(54)55)48-43(59)49-36(41(56)57)9-11-39(52)53/h35-36H,2-34H2,1H3,(H,45,51)(H,46,50)(H,52,53)(H,54,55)(H,56,57)(H2,44,47,58)(H2,48,49,59). The van der Waals surface area contributed by atoms with E-state index < -0.39 is 48.4 Å². The van der Waals surface area contributed by atoms with Gasteiger partial charge in [-0.3, -0.25) is 14.4 Å². The first kappa shape index (κ1) is 64.5. The average molecular weight is 1000 g/mol. The number of carbonyl (C=O) groups excluding carboxylic acids is 4. The lowest BCUT2D eigenvalue weighted by molar-refractivity contribution is -0.141. The number of ether oxygens (including phenoxy) is 10. The van der Waals surface area contributed by atoms with Gasteiger partial charge in [0.2, 0.25) is 11.8 Å². The minimum atomic E-state index is -1.53. The molecule has 2 atom stereocenters. The van der Waals surface area contributed by atoms with Crippen LogP contribution in [-0.2, 0) is 71.3 Å². The van der Waals surface area contributed by atoms with E-state index >= 15 is 0 Å². The number of nitrogens with one attached hydrogen (secondary N) is 6. The quantitative estimate of drug-likeness (QED) is 0.0347. The Morgan fingerprint density at radius 1 is 0.362 bits per heavy atom. The molecule has 6 amide bonds. The number of carboxylic acids is 3. The van der Waals surface area contributed by atoms with Crippen molar-refractivity contribution in [2.75, 3.05) is 159 Å². The van der Waals surface area contributed by atoms with Gasteiger partial charge in [-0.25, -0.2) is 19.2 Å². The van der Waals surface area contributed by atoms with Gasteiger partial charge in [-0.1, -0.05) is 19.3 Å². The summed E-state index contributed by atoms with van der Waals surface area (Å²) in [6.07, 6.45) is 2.98. The van der Waals surface area contributed by atoms with E-state index in [0.29, 0.717) is 171 Å². The number of aliphatic carboxylic acids is 3. The third-order valence-electron chi connectivity index (χ3n) is 9.09. The molecule has 26 nitrogen and oxygen atoms in total. The lowest BCUT2D eigenvalue weighted by atomic mass is 10.1. The van der Waals surface area contributed by atoms with Crippen LogP contribution in [0.5, 0.6) is 0 Å². The van der Waals surface area contributed by atoms with Crippen molar-refractivity contribution < 1.29 is 96.2 Å². The molecule has 0 saturated carbocycles. The molecule has 9 N–H and O–H groups in total. The Labute approximate surface area is 404 Å². The Morgan fingerprint density at radius 3 is 1.06 bits per heavy atom. The highest BCUT2D eigenvalue weighted by Gasteiger charge is 2.25. The summed E-state index contributed by atoms with van der Waals surface area (Å²) in [5.74, 6) is -4.61. The van der Waals surface area contributed by atoms with Crippen molar-refractivity contribution >= 4 is 41.8 Å². The van der Waals surface area contributed by atoms with Crippen molar-refractivity contribution in [1.82, 2.24) is 31.9 Å². The second kappa shape index (κ2) is 48.5. The predicted molar refractivity (Wildman–Crippen MR) is 245 cm³/mol. The van der Waals surface area contributed by atoms with Crippen LogP contribution in [0.25, 0.3) is 0 Å². The molecular formula is C43H80N6O20. The fraction of sp³-hybridized carbons (Fsp3) is 0.837. The largest absolute Gasteiger partial charge is 0.481 e. The molecule has 0 spiro atoms. The molecule has 0 heterocycles. The summed E-state index contributed by atoms with van der Waals surface area (Å²) in [7, 11) is 1.55. The Kier molecular flexibility index (Phi) is 45.3. The fourth-order valence-electron chi connectivity index (χ4n) is 5.43. The Morgan fingerprint density at radius 2 is 0.681 bits per heavy atom. The average Bonchev–Trinajstić information content (AvgIpc) is 3.32. The Balaban J connectivity index is 3.44. The van der Waals surface area contributed by atoms with Crippen LogP contribution in [0.3, 0.4) is 0 Å². The van der Waals surface area contributed by atoms with E-state index in [1.165, 1.54) is 0 Å². The highest BCUT2D eigenvalue weighted by molar-refractivity contribution is 5.86. The molecule has 0 aliphatic rings. The third-order valence-corrected chi connectivity index (χ3v) is 9.09. The molecule has 0 radical (unpaired) electrons. The second-order valence-electron chi connectivity index (χ2n) is 14.7. The lowest BCUT2D eigenvalue weighted by Gasteiger charge is -2.18. The summed E-state index contributed by atoms with van der Waals surface area (Å²) in [6.45, 7) is 10.0. The summed E-state index contributed by atoms with van der Waals surface area (Å²) in [5.41, 5.74) is 0. The van der Waals surface area contributed by atoms with E-state index in [2.05, 4.69) is 26.6 Å². The van der Waals surface area contributed by atoms with Gasteiger partial charge in [0.1, 0.15) is 12.1 Å². The molecule has 0 aromatic heterocycles. The van der Waals surface area contributed by atoms with Gasteiger partial charge < -0.3 is 94.6 Å². The highest BCUT2D eigenvalue weighted by atomic mass is 16.6. The van der Waals surface area contributed by atoms with Crippen LogP contribution in [0.15, 0.2) is 0 Å². The monoisotopic (exact) mass is 1000 g/mol. The van der Waals surface area contributed by atoms with E-state index in [1.807, 2.05) is 5.32 Å². The summed E-state index contributed by atoms with van der Waals surface area (Å²) in [5, 5.41) is 42.0. The molecular weight excluding hydrogens is 920 g/mol. The van der Waals surface area contributed by atoms with Crippen LogP contribution in [0.4, 0.5) is 9.59 Å². The molecule has 0 bridgehead atoms. The first-order chi connectivity index (χ1) is 33.5. The van der Waals surface area contributed by atoms with Gasteiger partial charge in [0.05, 0.1) is 132 Å². The zero-order valence-corrected chi connectivity index (χ0v) is 40.3. The molecule has 402 valence electrons. The van der Waals surface area contributed by atoms with E-state index in [4.69, 9.17) is 57.6 Å². The van der Waals surface area contributed by atoms with Gasteiger partial charge in [0, 0.05) is 45.9 Å². The lowest BCUT2D eigenvalue weighted by Crippen LogP contribution is -2.51. The fourth-order valence-corrected chi connectivity index (χ4v) is 5.43. The van der Waals surface area contributed by atoms with Crippen molar-refractivity contribution in [2.45, 2.75) is 76.3 Å². The molecule has 0 aromatic rings. The minimum absolute atomic E-state index is 0.0602. The van der Waals surface area contributed by atoms with Crippen LogP contribution < -0.4 is 31.9 Å². The van der Waals surface area contributed by atoms with Crippen molar-refractivity contribution in [3.05, 3.63) is 0 Å². The van der Waals surface area contributed by atoms with E-state index in [-0.39, 0.29) is 31.2 Å². The Hall–Kier alpha value is -4.51. The Bertz CT molecular complexity index is 1340. The first-order valence-corrected chi connectivity index (χ1v) is 23.5. The number of carboxylic acid groups (broad SMARTS) is 3. The maximum absolute atomic E-state index is 12.2. The molecule has 0 rings (SSSR count). The number of hydrogen-bond donors (Lipinski definition) is 9. The van der Waals surface area contributed by atoms with E-state index in [1.54, 1.807) is 7.05 Å². The molecule has 26 heteroatoms. The summed E-state index contributed by atoms with van der Waals surface area (Å²) < 4.78 is 54.5. The predicted octanol–water partition coefficient (Wildman–Crippen LogP) is -0.495. The number of amides is 6. The SMILES string of the molecule is CNC(=O)NCCOCCOCCOCCOCCOCCOCCOCCOCCOCCOCCNC(=O)CCCCCCCNC(=O)CCC(NC(=O)NC(CCC(=O)O)C(=O)O)C(=O)O. The van der Waals surface area contributed by atoms with Crippen LogP contribution in [0.1, 0.15) is 64.2 Å². The van der Waals surface area contributed by atoms with Gasteiger partial charge in [0.15, 0.2) is 0 Å². The zero-order valence-electron chi connectivity index (χ0n) is 40.3. The molecule has 0 fully saturated rings. The summed E-state index contributed by atoms with van der Waals surface area (Å²) >= 11 is 0. The third kappa shape index (κ3) is 47.0. The molecule has 0 aliphatic carbocycles. The topological polar surface area (TPSA) is 345 Å². The zero-order chi connectivity index (χ0) is 50.8. The van der Waals surface area contributed by atoms with Crippen LogP contribution in [0, 0.1) is 0 Å². The molecule has 0 saturated heterocycles. The first-order valence-electron chi connectivity index (χ1n) is 23.5.